The van der Waals surface area contributed by atoms with Crippen LogP contribution in [0.15, 0.2) is 48.5 Å². The first-order valence-electron chi connectivity index (χ1n) is 7.12. The minimum absolute atomic E-state index is 0.168. The number of benzene rings is 2. The molecule has 0 bridgehead atoms. The summed E-state index contributed by atoms with van der Waals surface area (Å²) in [4.78, 5) is 13.6. The molecule has 22 heavy (non-hydrogen) atoms. The van der Waals surface area contributed by atoms with Crippen molar-refractivity contribution in [3.63, 3.8) is 0 Å². The van der Waals surface area contributed by atoms with Crippen LogP contribution in [0.1, 0.15) is 5.56 Å². The number of nitrogens with two attached hydrogens (primary N) is 1. The fourth-order valence-electron chi connectivity index (χ4n) is 2.33. The highest BCUT2D eigenvalue weighted by Crippen LogP contribution is 2.34. The van der Waals surface area contributed by atoms with E-state index in [1.165, 1.54) is 4.90 Å². The monoisotopic (exact) mass is 298 g/mol. The zero-order valence-electron chi connectivity index (χ0n) is 12.4. The second kappa shape index (κ2) is 6.07. The maximum absolute atomic E-state index is 12.1. The summed E-state index contributed by atoms with van der Waals surface area (Å²) >= 11 is 0. The van der Waals surface area contributed by atoms with E-state index in [4.69, 9.17) is 15.2 Å². The van der Waals surface area contributed by atoms with Gasteiger partial charge in [0.25, 0.3) is 0 Å². The zero-order chi connectivity index (χ0) is 15.5. The molecule has 2 N–H and O–H groups in total. The van der Waals surface area contributed by atoms with Crippen molar-refractivity contribution in [3.8, 4) is 11.5 Å². The molecule has 0 radical (unpaired) electrons. The first kappa shape index (κ1) is 14.4. The van der Waals surface area contributed by atoms with Crippen molar-refractivity contribution < 1.29 is 14.3 Å². The Balaban J connectivity index is 1.80. The first-order chi connectivity index (χ1) is 10.6. The predicted molar refractivity (Wildman–Crippen MR) is 84.1 cm³/mol. The lowest BCUT2D eigenvalue weighted by Gasteiger charge is -2.18. The molecule has 0 spiro atoms. The smallest absolute Gasteiger partial charge is 0.247 e. The lowest BCUT2D eigenvalue weighted by molar-refractivity contribution is -0.119. The number of hydrogen-bond acceptors (Lipinski definition) is 4. The van der Waals surface area contributed by atoms with Gasteiger partial charge in [-0.25, -0.2) is 0 Å². The molecule has 3 rings (SSSR count). The maximum atomic E-state index is 12.1. The molecule has 0 aromatic heterocycles. The van der Waals surface area contributed by atoms with Crippen LogP contribution in [0.5, 0.6) is 11.5 Å². The fourth-order valence-corrected chi connectivity index (χ4v) is 2.33. The van der Waals surface area contributed by atoms with Crippen molar-refractivity contribution in [2.75, 3.05) is 18.6 Å². The minimum atomic E-state index is -0.647. The van der Waals surface area contributed by atoms with Crippen LogP contribution in [-0.4, -0.2) is 25.6 Å². The molecule has 0 aliphatic carbocycles. The molecule has 1 heterocycles. The third-order valence-corrected chi connectivity index (χ3v) is 3.61. The summed E-state index contributed by atoms with van der Waals surface area (Å²) in [6, 6.07) is 14.7. The molecule has 2 aromatic carbocycles. The third kappa shape index (κ3) is 2.89. The van der Waals surface area contributed by atoms with Crippen LogP contribution in [0.4, 0.5) is 5.69 Å². The van der Waals surface area contributed by atoms with E-state index < -0.39 is 6.04 Å². The molecule has 1 aliphatic heterocycles. The highest BCUT2D eigenvalue weighted by molar-refractivity contribution is 5.98. The van der Waals surface area contributed by atoms with E-state index in [-0.39, 0.29) is 12.5 Å². The summed E-state index contributed by atoms with van der Waals surface area (Å²) < 4.78 is 11.4. The summed E-state index contributed by atoms with van der Waals surface area (Å²) in [5.41, 5.74) is 7.53. The molecule has 5 heteroatoms. The number of carbonyl (C=O) groups excluding carboxylic acids is 1. The van der Waals surface area contributed by atoms with E-state index in [0.717, 1.165) is 5.56 Å². The van der Waals surface area contributed by atoms with Crippen molar-refractivity contribution >= 4 is 11.6 Å². The number of fused-ring (bicyclic) bond motifs is 1. The van der Waals surface area contributed by atoms with Crippen LogP contribution in [0.2, 0.25) is 0 Å². The van der Waals surface area contributed by atoms with E-state index in [9.17, 15) is 4.79 Å². The first-order valence-corrected chi connectivity index (χ1v) is 7.12. The van der Waals surface area contributed by atoms with Crippen LogP contribution in [-0.2, 0) is 11.4 Å². The Bertz CT molecular complexity index is 673. The Morgan fingerprint density at radius 3 is 2.82 bits per heavy atom. The van der Waals surface area contributed by atoms with Gasteiger partial charge in [0.2, 0.25) is 5.91 Å². The molecular formula is C17H18N2O3. The Kier molecular flexibility index (Phi) is 3.98. The molecule has 1 aliphatic rings. The van der Waals surface area contributed by atoms with E-state index >= 15 is 0 Å². The van der Waals surface area contributed by atoms with Crippen LogP contribution in [0, 0.1) is 0 Å². The topological polar surface area (TPSA) is 64.8 Å². The molecule has 2 aromatic rings. The summed E-state index contributed by atoms with van der Waals surface area (Å²) in [6.45, 7) is 0.651. The lowest BCUT2D eigenvalue weighted by Crippen LogP contribution is -2.43. The molecule has 114 valence electrons. The SMILES string of the molecule is CN1C(=O)[C@@H](N)COc2ccc(OCc3ccccc3)cc21. The third-order valence-electron chi connectivity index (χ3n) is 3.61. The van der Waals surface area contributed by atoms with Gasteiger partial charge >= 0.3 is 0 Å². The van der Waals surface area contributed by atoms with Gasteiger partial charge in [-0.15, -0.1) is 0 Å². The second-order valence-electron chi connectivity index (χ2n) is 5.22. The molecule has 0 unspecified atom stereocenters. The molecule has 1 amide bonds. The van der Waals surface area contributed by atoms with Crippen LogP contribution in [0.3, 0.4) is 0 Å². The normalized spacial score (nSPS) is 17.5. The molecule has 1 atom stereocenters. The van der Waals surface area contributed by atoms with Crippen LogP contribution >= 0.6 is 0 Å². The number of amides is 1. The predicted octanol–water partition coefficient (Wildman–Crippen LogP) is 1.95. The Morgan fingerprint density at radius 2 is 2.05 bits per heavy atom. The summed E-state index contributed by atoms with van der Waals surface area (Å²) in [6.07, 6.45) is 0. The number of nitrogens with zero attached hydrogens (tertiary/aromatic N) is 1. The van der Waals surface area contributed by atoms with E-state index in [1.807, 2.05) is 36.4 Å². The van der Waals surface area contributed by atoms with Crippen molar-refractivity contribution in [2.24, 2.45) is 5.73 Å². The summed E-state index contributed by atoms with van der Waals surface area (Å²) in [5, 5.41) is 0. The molecule has 0 saturated carbocycles. The number of ether oxygens (including phenoxy) is 2. The molecule has 5 nitrogen and oxygen atoms in total. The molecule has 0 fully saturated rings. The number of anilines is 1. The number of rotatable bonds is 3. The van der Waals surface area contributed by atoms with E-state index in [1.54, 1.807) is 19.2 Å². The van der Waals surface area contributed by atoms with Crippen LogP contribution < -0.4 is 20.1 Å². The quantitative estimate of drug-likeness (QED) is 0.940. The maximum Gasteiger partial charge on any atom is 0.247 e. The highest BCUT2D eigenvalue weighted by atomic mass is 16.5. The average molecular weight is 298 g/mol. The van der Waals surface area contributed by atoms with Crippen molar-refractivity contribution in [1.29, 1.82) is 0 Å². The van der Waals surface area contributed by atoms with Gasteiger partial charge in [0.05, 0.1) is 5.69 Å². The van der Waals surface area contributed by atoms with Gasteiger partial charge in [-0.1, -0.05) is 30.3 Å². The minimum Gasteiger partial charge on any atom is -0.489 e. The second-order valence-corrected chi connectivity index (χ2v) is 5.22. The van der Waals surface area contributed by atoms with Gasteiger partial charge in [0, 0.05) is 13.1 Å². The van der Waals surface area contributed by atoms with E-state index in [2.05, 4.69) is 0 Å². The van der Waals surface area contributed by atoms with Crippen molar-refractivity contribution in [3.05, 3.63) is 54.1 Å². The van der Waals surface area contributed by atoms with Gasteiger partial charge in [0.1, 0.15) is 30.8 Å². The fraction of sp³-hybridized carbons (Fsp3) is 0.235. The Hall–Kier alpha value is -2.53. The largest absolute Gasteiger partial charge is 0.489 e. The highest BCUT2D eigenvalue weighted by Gasteiger charge is 2.26. The van der Waals surface area contributed by atoms with Gasteiger partial charge in [0.15, 0.2) is 0 Å². The standard InChI is InChI=1S/C17H18N2O3/c1-19-15-9-13(21-10-12-5-3-2-4-6-12)7-8-16(15)22-11-14(18)17(19)20/h2-9,14H,10-11,18H2,1H3/t14-/m0/s1. The van der Waals surface area contributed by atoms with Gasteiger partial charge in [-0.2, -0.15) is 0 Å². The van der Waals surface area contributed by atoms with Gasteiger partial charge in [-0.3, -0.25) is 4.79 Å². The number of carbonyl (C=O) groups is 1. The lowest BCUT2D eigenvalue weighted by atomic mass is 10.2. The van der Waals surface area contributed by atoms with Gasteiger partial charge in [-0.05, 0) is 17.7 Å². The Morgan fingerprint density at radius 1 is 1.27 bits per heavy atom. The molecule has 0 saturated heterocycles. The number of hydrogen-bond donors (Lipinski definition) is 1. The van der Waals surface area contributed by atoms with Crippen molar-refractivity contribution in [2.45, 2.75) is 12.6 Å². The zero-order valence-corrected chi connectivity index (χ0v) is 12.4. The number of likely N-dealkylation sites (N-methyl/N-ethyl adjacent to an activating group) is 1. The van der Waals surface area contributed by atoms with Crippen molar-refractivity contribution in [1.82, 2.24) is 0 Å². The summed E-state index contributed by atoms with van der Waals surface area (Å²) in [7, 11) is 1.69. The van der Waals surface area contributed by atoms with E-state index in [0.29, 0.717) is 23.8 Å². The molecular weight excluding hydrogens is 280 g/mol. The summed E-state index contributed by atoms with van der Waals surface area (Å²) in [5.74, 6) is 1.15. The Labute approximate surface area is 129 Å². The van der Waals surface area contributed by atoms with Gasteiger partial charge < -0.3 is 20.1 Å². The average Bonchev–Trinajstić information content (AvgIpc) is 2.66. The van der Waals surface area contributed by atoms with Crippen LogP contribution in [0.25, 0.3) is 0 Å².